The van der Waals surface area contributed by atoms with E-state index in [0.29, 0.717) is 5.69 Å². The molecule has 0 bridgehead atoms. The maximum absolute atomic E-state index is 14.2. The van der Waals surface area contributed by atoms with Gasteiger partial charge in [-0.05, 0) is 36.8 Å². The van der Waals surface area contributed by atoms with Crippen LogP contribution in [-0.4, -0.2) is 41.9 Å². The van der Waals surface area contributed by atoms with E-state index in [1.54, 1.807) is 0 Å². The van der Waals surface area contributed by atoms with Crippen molar-refractivity contribution in [1.82, 2.24) is 15.3 Å². The number of carbonyl (C=O) groups is 2. The molecule has 0 atom stereocenters. The molecule has 8 nitrogen and oxygen atoms in total. The predicted octanol–water partition coefficient (Wildman–Crippen LogP) is 4.95. The average Bonchev–Trinajstić information content (AvgIpc) is 2.90. The summed E-state index contributed by atoms with van der Waals surface area (Å²) in [5.74, 6) is -9.51. The quantitative estimate of drug-likeness (QED) is 0.108. The van der Waals surface area contributed by atoms with Crippen molar-refractivity contribution in [3.63, 3.8) is 0 Å². The van der Waals surface area contributed by atoms with Crippen molar-refractivity contribution in [2.45, 2.75) is 6.42 Å². The van der Waals surface area contributed by atoms with Crippen molar-refractivity contribution in [3.05, 3.63) is 82.8 Å². The van der Waals surface area contributed by atoms with Crippen molar-refractivity contribution < 1.29 is 31.5 Å². The summed E-state index contributed by atoms with van der Waals surface area (Å²) in [6.45, 7) is 3.55. The molecule has 3 rings (SSSR count). The van der Waals surface area contributed by atoms with Gasteiger partial charge in [0.1, 0.15) is 16.7 Å². The van der Waals surface area contributed by atoms with Crippen LogP contribution in [0.2, 0.25) is 5.02 Å². The van der Waals surface area contributed by atoms with Crippen LogP contribution >= 0.6 is 11.6 Å². The summed E-state index contributed by atoms with van der Waals surface area (Å²) in [5, 5.41) is 8.22. The molecule has 1 heterocycles. The van der Waals surface area contributed by atoms with Gasteiger partial charge in [0.05, 0.1) is 17.4 Å². The first-order valence-corrected chi connectivity index (χ1v) is 11.3. The van der Waals surface area contributed by atoms with E-state index < -0.39 is 46.5 Å². The lowest BCUT2D eigenvalue weighted by atomic mass is 10.1. The van der Waals surface area contributed by atoms with E-state index in [-0.39, 0.29) is 48.1 Å². The second-order valence-electron chi connectivity index (χ2n) is 7.67. The Hall–Kier alpha value is -4.26. The Morgan fingerprint density at radius 1 is 1.05 bits per heavy atom. The van der Waals surface area contributed by atoms with Crippen LogP contribution in [0.1, 0.15) is 16.8 Å². The first-order valence-electron chi connectivity index (χ1n) is 10.9. The van der Waals surface area contributed by atoms with E-state index in [9.17, 15) is 31.5 Å². The largest absolute Gasteiger partial charge is 0.369 e. The summed E-state index contributed by atoms with van der Waals surface area (Å²) in [7, 11) is 1.39. The van der Waals surface area contributed by atoms with Crippen molar-refractivity contribution in [3.8, 4) is 0 Å². The number of rotatable bonds is 10. The number of aromatic nitrogens is 2. The van der Waals surface area contributed by atoms with Crippen molar-refractivity contribution in [2.75, 3.05) is 35.7 Å². The molecule has 0 saturated carbocycles. The van der Waals surface area contributed by atoms with Crippen molar-refractivity contribution in [1.29, 1.82) is 0 Å². The number of halogens is 6. The fraction of sp³-hybridized carbons (Fsp3) is 0.167. The zero-order chi connectivity index (χ0) is 28.0. The topological polar surface area (TPSA) is 99.3 Å². The van der Waals surface area contributed by atoms with Gasteiger partial charge in [-0.3, -0.25) is 9.59 Å². The highest BCUT2D eigenvalue weighted by Crippen LogP contribution is 2.26. The van der Waals surface area contributed by atoms with Gasteiger partial charge >= 0.3 is 0 Å². The van der Waals surface area contributed by atoms with Gasteiger partial charge in [0, 0.05) is 25.8 Å². The minimum atomic E-state index is -2.08. The van der Waals surface area contributed by atoms with E-state index >= 15 is 0 Å². The Morgan fingerprint density at radius 2 is 1.79 bits per heavy atom. The molecule has 0 aliphatic heterocycles. The maximum Gasteiger partial charge on any atom is 0.254 e. The minimum absolute atomic E-state index is 0.000236. The Balaban J connectivity index is 1.58. The zero-order valence-electron chi connectivity index (χ0n) is 19.7. The highest BCUT2D eigenvalue weighted by molar-refractivity contribution is 6.32. The predicted molar refractivity (Wildman–Crippen MR) is 132 cm³/mol. The summed E-state index contributed by atoms with van der Waals surface area (Å²) in [6.07, 6.45) is 2.61. The monoisotopic (exact) mass is 554 g/mol. The molecule has 0 fully saturated rings. The number of benzene rings is 2. The number of nitrogens with one attached hydrogen (secondary N) is 3. The van der Waals surface area contributed by atoms with Gasteiger partial charge in [0.15, 0.2) is 23.3 Å². The van der Waals surface area contributed by atoms with E-state index in [4.69, 9.17) is 11.6 Å². The second-order valence-corrected chi connectivity index (χ2v) is 8.07. The smallest absolute Gasteiger partial charge is 0.254 e. The fourth-order valence-electron chi connectivity index (χ4n) is 3.11. The first-order chi connectivity index (χ1) is 18.0. The Kier molecular flexibility index (Phi) is 9.18. The lowest BCUT2D eigenvalue weighted by Crippen LogP contribution is -2.27. The molecule has 0 unspecified atom stereocenters. The Morgan fingerprint density at radius 3 is 2.50 bits per heavy atom. The lowest BCUT2D eigenvalue weighted by molar-refractivity contribution is -0.113. The van der Waals surface area contributed by atoms with E-state index in [2.05, 4.69) is 32.5 Å². The molecule has 3 N–H and O–H groups in total. The van der Waals surface area contributed by atoms with Gasteiger partial charge in [0.2, 0.25) is 11.9 Å². The van der Waals surface area contributed by atoms with Crippen LogP contribution < -0.4 is 20.9 Å². The molecule has 200 valence electrons. The van der Waals surface area contributed by atoms with Gasteiger partial charge in [-0.2, -0.15) is 4.98 Å². The summed E-state index contributed by atoms with van der Waals surface area (Å²) < 4.78 is 67.6. The van der Waals surface area contributed by atoms with Crippen LogP contribution in [0.4, 0.5) is 45.1 Å². The Labute approximate surface area is 218 Å². The molecule has 0 spiro atoms. The molecule has 14 heteroatoms. The average molecular weight is 555 g/mol. The molecule has 1 aromatic heterocycles. The van der Waals surface area contributed by atoms with Gasteiger partial charge in [-0.25, -0.2) is 26.9 Å². The molecule has 0 radical (unpaired) electrons. The normalized spacial score (nSPS) is 10.6. The van der Waals surface area contributed by atoms with Gasteiger partial charge in [-0.1, -0.05) is 18.2 Å². The number of hydrogen-bond donors (Lipinski definition) is 3. The van der Waals surface area contributed by atoms with E-state index in [0.717, 1.165) is 17.0 Å². The molecule has 2 amide bonds. The number of carbonyl (C=O) groups excluding carboxylic acids is 2. The SMILES string of the molecule is C=CC(=O)N(C)c1cc(Nc2ncc(Cl)c(NCCCNC(=O)c3cc(F)c(F)c(F)c3F)n2)ccc1F. The fourth-order valence-corrected chi connectivity index (χ4v) is 3.27. The maximum atomic E-state index is 14.2. The van der Waals surface area contributed by atoms with Gasteiger partial charge in [-0.15, -0.1) is 0 Å². The van der Waals surface area contributed by atoms with Gasteiger partial charge in [0.25, 0.3) is 5.91 Å². The van der Waals surface area contributed by atoms with E-state index in [1.807, 2.05) is 0 Å². The highest BCUT2D eigenvalue weighted by Gasteiger charge is 2.22. The Bertz CT molecular complexity index is 1390. The molecule has 0 saturated heterocycles. The van der Waals surface area contributed by atoms with Crippen LogP contribution in [0.3, 0.4) is 0 Å². The molecular formula is C24H20ClF5N6O2. The number of hydrogen-bond acceptors (Lipinski definition) is 6. The minimum Gasteiger partial charge on any atom is -0.369 e. The summed E-state index contributed by atoms with van der Waals surface area (Å²) >= 11 is 6.11. The van der Waals surface area contributed by atoms with Crippen molar-refractivity contribution in [2.24, 2.45) is 0 Å². The summed E-state index contributed by atoms with van der Waals surface area (Å²) in [5.41, 5.74) is -0.588. The van der Waals surface area contributed by atoms with Crippen LogP contribution in [0.25, 0.3) is 0 Å². The molecule has 0 aliphatic carbocycles. The van der Waals surface area contributed by atoms with Gasteiger partial charge < -0.3 is 20.9 Å². The second kappa shape index (κ2) is 12.3. The number of nitrogens with zero attached hydrogens (tertiary/aromatic N) is 3. The summed E-state index contributed by atoms with van der Waals surface area (Å²) in [6, 6.07) is 4.23. The zero-order valence-corrected chi connectivity index (χ0v) is 20.5. The first kappa shape index (κ1) is 28.3. The van der Waals surface area contributed by atoms with E-state index in [1.165, 1.54) is 25.4 Å². The van der Waals surface area contributed by atoms with Crippen LogP contribution in [0.5, 0.6) is 0 Å². The standard InChI is InChI=1S/C24H20ClF5N6O2/c1-3-18(37)36(2)17-9-12(5-6-15(17)26)34-24-33-11-14(25)22(35-24)31-7-4-8-32-23(38)13-10-16(27)20(29)21(30)19(13)28/h3,5-6,9-11H,1,4,7-8H2,2H3,(H,32,38)(H2,31,33,34,35). The van der Waals surface area contributed by atoms with Crippen LogP contribution in [0.15, 0.2) is 43.1 Å². The number of anilines is 4. The third-order valence-corrected chi connectivity index (χ3v) is 5.37. The van der Waals surface area contributed by atoms with Crippen LogP contribution in [-0.2, 0) is 4.79 Å². The third kappa shape index (κ3) is 6.54. The number of amides is 2. The molecule has 3 aromatic rings. The van der Waals surface area contributed by atoms with Crippen LogP contribution in [0, 0.1) is 29.1 Å². The molecule has 38 heavy (non-hydrogen) atoms. The van der Waals surface area contributed by atoms with Crippen molar-refractivity contribution >= 4 is 46.6 Å². The molecule has 0 aliphatic rings. The number of likely N-dealkylation sites (N-methyl/N-ethyl adjacent to an activating group) is 1. The molecule has 2 aromatic carbocycles. The highest BCUT2D eigenvalue weighted by atomic mass is 35.5. The third-order valence-electron chi connectivity index (χ3n) is 5.09. The molecular weight excluding hydrogens is 535 g/mol. The summed E-state index contributed by atoms with van der Waals surface area (Å²) in [4.78, 5) is 33.2. The lowest BCUT2D eigenvalue weighted by Gasteiger charge is -2.17.